The van der Waals surface area contributed by atoms with E-state index >= 15 is 0 Å². The van der Waals surface area contributed by atoms with Gasteiger partial charge in [-0.3, -0.25) is 10.1 Å². The zero-order valence-electron chi connectivity index (χ0n) is 16.2. The van der Waals surface area contributed by atoms with E-state index in [0.29, 0.717) is 18.4 Å². The van der Waals surface area contributed by atoms with Crippen molar-refractivity contribution < 1.29 is 33.7 Å². The topological polar surface area (TPSA) is 113 Å². The van der Waals surface area contributed by atoms with Gasteiger partial charge in [0.25, 0.3) is 5.91 Å². The lowest BCUT2D eigenvalue weighted by molar-refractivity contribution is -0.131. The van der Waals surface area contributed by atoms with Crippen molar-refractivity contribution in [3.8, 4) is 5.75 Å². The lowest BCUT2D eigenvalue weighted by Crippen LogP contribution is -2.33. The number of phenols is 1. The monoisotopic (exact) mass is 415 g/mol. The molecule has 0 saturated carbocycles. The van der Waals surface area contributed by atoms with Crippen LogP contribution in [0.5, 0.6) is 5.75 Å². The van der Waals surface area contributed by atoms with Crippen LogP contribution in [-0.4, -0.2) is 28.2 Å². The molecule has 2 aromatic carbocycles. The summed E-state index contributed by atoms with van der Waals surface area (Å²) in [6.07, 6.45) is 1.35. The van der Waals surface area contributed by atoms with Gasteiger partial charge in [-0.1, -0.05) is 37.3 Å². The molecule has 0 heterocycles. The number of nitrogens with one attached hydrogen (secondary N) is 1. The number of alkyl carbamates (subject to hydrolysis) is 1. The lowest BCUT2D eigenvalue weighted by atomic mass is 9.93. The van der Waals surface area contributed by atoms with Gasteiger partial charge in [-0.2, -0.15) is 0 Å². The summed E-state index contributed by atoms with van der Waals surface area (Å²) in [5.74, 6) is -3.48. The number of rotatable bonds is 8. The van der Waals surface area contributed by atoms with Gasteiger partial charge in [0.1, 0.15) is 6.10 Å². The molecule has 30 heavy (non-hydrogen) atoms. The van der Waals surface area contributed by atoms with Gasteiger partial charge in [0, 0.05) is 11.6 Å². The van der Waals surface area contributed by atoms with Crippen molar-refractivity contribution in [1.82, 2.24) is 5.32 Å². The molecule has 0 saturated heterocycles. The smallest absolute Gasteiger partial charge is 0.414 e. The van der Waals surface area contributed by atoms with Crippen LogP contribution >= 0.6 is 0 Å². The van der Waals surface area contributed by atoms with E-state index in [0.717, 1.165) is 18.2 Å². The predicted molar refractivity (Wildman–Crippen MR) is 106 cm³/mol. The molecule has 0 aliphatic rings. The van der Waals surface area contributed by atoms with Gasteiger partial charge in [-0.05, 0) is 48.6 Å². The van der Waals surface area contributed by atoms with Crippen molar-refractivity contribution in [3.63, 3.8) is 0 Å². The molecule has 0 fully saturated rings. The number of benzene rings is 2. The number of carbonyl (C=O) groups excluding carboxylic acids is 2. The summed E-state index contributed by atoms with van der Waals surface area (Å²) in [7, 11) is 0. The summed E-state index contributed by atoms with van der Waals surface area (Å²) in [5.41, 5.74) is 0.566. The summed E-state index contributed by atoms with van der Waals surface area (Å²) in [6.45, 7) is 1.75. The molecule has 0 aliphatic carbocycles. The van der Waals surface area contributed by atoms with Gasteiger partial charge in [0.2, 0.25) is 0 Å². The Balaban J connectivity index is 2.13. The van der Waals surface area contributed by atoms with E-state index in [4.69, 9.17) is 9.84 Å². The summed E-state index contributed by atoms with van der Waals surface area (Å²) in [6, 6.07) is 11.7. The average Bonchev–Trinajstić information content (AvgIpc) is 2.72. The minimum absolute atomic E-state index is 0.272. The summed E-state index contributed by atoms with van der Waals surface area (Å²) >= 11 is 0. The average molecular weight is 415 g/mol. The van der Waals surface area contributed by atoms with Gasteiger partial charge < -0.3 is 14.9 Å². The third-order valence-electron chi connectivity index (χ3n) is 4.35. The number of amides is 2. The number of aromatic hydroxyl groups is 1. The van der Waals surface area contributed by atoms with Gasteiger partial charge in [0.05, 0.1) is 0 Å². The fourth-order valence-corrected chi connectivity index (χ4v) is 2.81. The molecule has 158 valence electrons. The third kappa shape index (κ3) is 6.73. The van der Waals surface area contributed by atoms with Crippen molar-refractivity contribution in [2.45, 2.75) is 25.9 Å². The fourth-order valence-electron chi connectivity index (χ4n) is 2.81. The van der Waals surface area contributed by atoms with Crippen LogP contribution in [0.25, 0.3) is 0 Å². The van der Waals surface area contributed by atoms with E-state index in [1.54, 1.807) is 25.1 Å². The highest BCUT2D eigenvalue weighted by atomic mass is 19.1. The maximum absolute atomic E-state index is 13.8. The van der Waals surface area contributed by atoms with E-state index in [1.807, 2.05) is 0 Å². The Bertz CT molecular complexity index is 928. The quantitative estimate of drug-likeness (QED) is 0.557. The number of allylic oxidation sites excluding steroid dienone is 1. The molecule has 8 heteroatoms. The Morgan fingerprint density at radius 1 is 1.17 bits per heavy atom. The van der Waals surface area contributed by atoms with Crippen LogP contribution in [0.2, 0.25) is 0 Å². The molecule has 3 N–H and O–H groups in total. The van der Waals surface area contributed by atoms with Crippen molar-refractivity contribution in [3.05, 3.63) is 77.6 Å². The highest BCUT2D eigenvalue weighted by Crippen LogP contribution is 2.31. The maximum atomic E-state index is 13.8. The summed E-state index contributed by atoms with van der Waals surface area (Å²) in [5, 5.41) is 20.2. The molecule has 7 nitrogen and oxygen atoms in total. The van der Waals surface area contributed by atoms with Crippen LogP contribution in [0.4, 0.5) is 9.18 Å². The number of hydrogen-bond donors (Lipinski definition) is 3. The number of halogens is 1. The molecule has 0 bridgehead atoms. The van der Waals surface area contributed by atoms with Gasteiger partial charge in [-0.15, -0.1) is 0 Å². The van der Waals surface area contributed by atoms with Crippen molar-refractivity contribution in [1.29, 1.82) is 0 Å². The van der Waals surface area contributed by atoms with Gasteiger partial charge >= 0.3 is 12.1 Å². The van der Waals surface area contributed by atoms with E-state index in [1.165, 1.54) is 24.3 Å². The Hall–Kier alpha value is -3.68. The molecule has 2 aromatic rings. The van der Waals surface area contributed by atoms with E-state index < -0.39 is 35.6 Å². The van der Waals surface area contributed by atoms with Crippen LogP contribution in [0.1, 0.15) is 41.8 Å². The van der Waals surface area contributed by atoms with Crippen LogP contribution in [0.3, 0.4) is 0 Å². The molecule has 2 rings (SSSR count). The molecule has 0 aliphatic heterocycles. The first kappa shape index (κ1) is 22.6. The van der Waals surface area contributed by atoms with Crippen molar-refractivity contribution in [2.75, 3.05) is 0 Å². The molecule has 2 atom stereocenters. The standard InChI is InChI=1S/C22H22FNO6/c1-14(7-5-6-10-19(26)27)20(16-11-12-18(25)17(23)13-16)30-22(29)24-21(28)15-8-3-2-4-9-15/h2-4,6,8-14,20,25H,5,7H2,1H3,(H,26,27)(H,24,28,29)/b10-6+/t14-,20-/m0/s1. The van der Waals surface area contributed by atoms with Crippen LogP contribution < -0.4 is 5.32 Å². The number of carboxylic acids is 1. The Kier molecular flexibility index (Phi) is 8.10. The highest BCUT2D eigenvalue weighted by molar-refractivity contribution is 6.02. The van der Waals surface area contributed by atoms with Gasteiger partial charge in [-0.25, -0.2) is 14.0 Å². The number of hydrogen-bond acceptors (Lipinski definition) is 5. The van der Waals surface area contributed by atoms with E-state index in [9.17, 15) is 23.9 Å². The number of imide groups is 1. The molecule has 2 amide bonds. The Labute approximate surface area is 172 Å². The minimum Gasteiger partial charge on any atom is -0.505 e. The summed E-state index contributed by atoms with van der Waals surface area (Å²) < 4.78 is 19.2. The second-order valence-electron chi connectivity index (χ2n) is 6.65. The first-order valence-corrected chi connectivity index (χ1v) is 9.22. The zero-order chi connectivity index (χ0) is 22.1. The molecule has 0 radical (unpaired) electrons. The van der Waals surface area contributed by atoms with Crippen molar-refractivity contribution >= 4 is 18.0 Å². The molecule has 0 unspecified atom stereocenters. The van der Waals surface area contributed by atoms with E-state index in [2.05, 4.69) is 5.32 Å². The second kappa shape index (κ2) is 10.8. The van der Waals surface area contributed by atoms with Crippen LogP contribution in [0.15, 0.2) is 60.7 Å². The first-order valence-electron chi connectivity index (χ1n) is 9.22. The fraction of sp³-hybridized carbons (Fsp3) is 0.227. The Morgan fingerprint density at radius 2 is 1.87 bits per heavy atom. The SMILES string of the molecule is C[C@@H](CC/C=C/C(=O)O)[C@H](OC(=O)NC(=O)c1ccccc1)c1ccc(O)c(F)c1. The number of phenolic OH excluding ortho intramolecular Hbond substituents is 1. The lowest BCUT2D eigenvalue weighted by Gasteiger charge is -2.24. The minimum atomic E-state index is -1.07. The van der Waals surface area contributed by atoms with Crippen LogP contribution in [-0.2, 0) is 9.53 Å². The second-order valence-corrected chi connectivity index (χ2v) is 6.65. The number of carbonyl (C=O) groups is 3. The Morgan fingerprint density at radius 3 is 2.50 bits per heavy atom. The number of ether oxygens (including phenoxy) is 1. The first-order chi connectivity index (χ1) is 14.3. The summed E-state index contributed by atoms with van der Waals surface area (Å²) in [4.78, 5) is 35.0. The molecule has 0 aromatic heterocycles. The highest BCUT2D eigenvalue weighted by Gasteiger charge is 2.25. The van der Waals surface area contributed by atoms with Gasteiger partial charge in [0.15, 0.2) is 11.6 Å². The van der Waals surface area contributed by atoms with E-state index in [-0.39, 0.29) is 11.5 Å². The number of aliphatic carboxylic acids is 1. The van der Waals surface area contributed by atoms with Crippen molar-refractivity contribution in [2.24, 2.45) is 5.92 Å². The third-order valence-corrected chi connectivity index (χ3v) is 4.35. The predicted octanol–water partition coefficient (Wildman–Crippen LogP) is 4.20. The molecular formula is C22H22FNO6. The maximum Gasteiger partial charge on any atom is 0.414 e. The molecule has 0 spiro atoms. The normalized spacial score (nSPS) is 12.9. The zero-order valence-corrected chi connectivity index (χ0v) is 16.2. The van der Waals surface area contributed by atoms with Crippen LogP contribution in [0, 0.1) is 11.7 Å². The largest absolute Gasteiger partial charge is 0.505 e. The molecular weight excluding hydrogens is 393 g/mol. The number of carboxylic acid groups (broad SMARTS) is 1.